The molecule has 5 heteroatoms. The van der Waals surface area contributed by atoms with Crippen molar-refractivity contribution in [3.8, 4) is 0 Å². The van der Waals surface area contributed by atoms with E-state index in [4.69, 9.17) is 0 Å². The predicted octanol–water partition coefficient (Wildman–Crippen LogP) is 4.91. The lowest BCUT2D eigenvalue weighted by Gasteiger charge is -2.10. The van der Waals surface area contributed by atoms with E-state index in [2.05, 4.69) is 37.2 Å². The number of rotatable bonds is 2. The molecule has 2 aromatic rings. The third-order valence-electron chi connectivity index (χ3n) is 2.64. The first-order chi connectivity index (χ1) is 8.99. The second-order valence-corrected chi connectivity index (χ2v) is 5.72. The summed E-state index contributed by atoms with van der Waals surface area (Å²) >= 11 is 6.43. The molecular formula is C14H10Br2FNO. The van der Waals surface area contributed by atoms with Crippen LogP contribution in [0.4, 0.5) is 10.1 Å². The Labute approximate surface area is 127 Å². The van der Waals surface area contributed by atoms with Crippen LogP contribution in [-0.4, -0.2) is 5.91 Å². The number of hydrogen-bond acceptors (Lipinski definition) is 1. The van der Waals surface area contributed by atoms with Crippen molar-refractivity contribution in [2.24, 2.45) is 0 Å². The molecule has 1 N–H and O–H groups in total. The molecule has 0 saturated carbocycles. The van der Waals surface area contributed by atoms with E-state index in [0.29, 0.717) is 5.69 Å². The molecule has 0 aliphatic heterocycles. The average molecular weight is 387 g/mol. The molecule has 0 radical (unpaired) electrons. The molecule has 0 spiro atoms. The normalized spacial score (nSPS) is 10.3. The zero-order valence-corrected chi connectivity index (χ0v) is 13.2. The Morgan fingerprint density at radius 1 is 1.21 bits per heavy atom. The number of carbonyl (C=O) groups excluding carboxylic acids is 1. The molecule has 0 aliphatic rings. The van der Waals surface area contributed by atoms with Gasteiger partial charge in [0.15, 0.2) is 0 Å². The SMILES string of the molecule is Cc1ccc(Br)cc1NC(=O)c1cccc(F)c1Br. The highest BCUT2D eigenvalue weighted by Gasteiger charge is 2.14. The number of anilines is 1. The van der Waals surface area contributed by atoms with Gasteiger partial charge in [-0.3, -0.25) is 4.79 Å². The number of aryl methyl sites for hydroxylation is 1. The molecule has 0 heterocycles. The Balaban J connectivity index is 2.31. The fourth-order valence-corrected chi connectivity index (χ4v) is 2.40. The fraction of sp³-hybridized carbons (Fsp3) is 0.0714. The number of halogens is 3. The van der Waals surface area contributed by atoms with Gasteiger partial charge in [0.25, 0.3) is 5.91 Å². The molecule has 19 heavy (non-hydrogen) atoms. The highest BCUT2D eigenvalue weighted by Crippen LogP contribution is 2.24. The van der Waals surface area contributed by atoms with Crippen LogP contribution in [0.2, 0.25) is 0 Å². The second-order valence-electron chi connectivity index (χ2n) is 4.01. The van der Waals surface area contributed by atoms with Crippen molar-refractivity contribution in [1.29, 1.82) is 0 Å². The fourth-order valence-electron chi connectivity index (χ4n) is 1.60. The first kappa shape index (κ1) is 14.2. The van der Waals surface area contributed by atoms with Gasteiger partial charge < -0.3 is 5.32 Å². The minimum absolute atomic E-state index is 0.167. The number of carbonyl (C=O) groups is 1. The molecule has 0 atom stereocenters. The summed E-state index contributed by atoms with van der Waals surface area (Å²) < 4.78 is 14.4. The monoisotopic (exact) mass is 385 g/mol. The van der Waals surface area contributed by atoms with Crippen LogP contribution in [-0.2, 0) is 0 Å². The number of nitrogens with one attached hydrogen (secondary N) is 1. The highest BCUT2D eigenvalue weighted by atomic mass is 79.9. The summed E-state index contributed by atoms with van der Waals surface area (Å²) in [5.74, 6) is -0.814. The van der Waals surface area contributed by atoms with Crippen molar-refractivity contribution >= 4 is 43.5 Å². The summed E-state index contributed by atoms with van der Waals surface area (Å²) in [6.45, 7) is 1.89. The first-order valence-electron chi connectivity index (χ1n) is 5.50. The Bertz CT molecular complexity index is 643. The molecule has 98 valence electrons. The van der Waals surface area contributed by atoms with E-state index in [0.717, 1.165) is 10.0 Å². The van der Waals surface area contributed by atoms with Crippen molar-refractivity contribution in [3.63, 3.8) is 0 Å². The van der Waals surface area contributed by atoms with Gasteiger partial charge in [-0.1, -0.05) is 28.1 Å². The van der Waals surface area contributed by atoms with E-state index in [1.165, 1.54) is 12.1 Å². The molecule has 1 amide bonds. The van der Waals surface area contributed by atoms with Crippen molar-refractivity contribution < 1.29 is 9.18 Å². The zero-order valence-electron chi connectivity index (χ0n) is 10.0. The Morgan fingerprint density at radius 2 is 1.95 bits per heavy atom. The summed E-state index contributed by atoms with van der Waals surface area (Å²) in [7, 11) is 0. The van der Waals surface area contributed by atoms with Crippen LogP contribution < -0.4 is 5.32 Å². The van der Waals surface area contributed by atoms with Crippen LogP contribution in [0.5, 0.6) is 0 Å². The quantitative estimate of drug-likeness (QED) is 0.780. The van der Waals surface area contributed by atoms with Crippen molar-refractivity contribution in [2.75, 3.05) is 5.32 Å². The van der Waals surface area contributed by atoms with Gasteiger partial charge >= 0.3 is 0 Å². The summed E-state index contributed by atoms with van der Waals surface area (Å²) in [5.41, 5.74) is 1.89. The van der Waals surface area contributed by atoms with Crippen molar-refractivity contribution in [3.05, 3.63) is 62.3 Å². The van der Waals surface area contributed by atoms with E-state index >= 15 is 0 Å². The topological polar surface area (TPSA) is 29.1 Å². The number of amides is 1. The van der Waals surface area contributed by atoms with Gasteiger partial charge in [-0.05, 0) is 52.7 Å². The van der Waals surface area contributed by atoms with Crippen LogP contribution >= 0.6 is 31.9 Å². The molecule has 0 aromatic heterocycles. The lowest BCUT2D eigenvalue weighted by molar-refractivity contribution is 0.102. The molecule has 2 rings (SSSR count). The second kappa shape index (κ2) is 5.84. The predicted molar refractivity (Wildman–Crippen MR) is 80.9 cm³/mol. The lowest BCUT2D eigenvalue weighted by atomic mass is 10.1. The maximum absolute atomic E-state index is 13.4. The maximum atomic E-state index is 13.4. The minimum atomic E-state index is -0.460. The van der Waals surface area contributed by atoms with E-state index < -0.39 is 5.82 Å². The molecule has 0 aliphatic carbocycles. The third kappa shape index (κ3) is 3.22. The van der Waals surface area contributed by atoms with Gasteiger partial charge in [0.2, 0.25) is 0 Å². The molecule has 0 fully saturated rings. The molecule has 0 saturated heterocycles. The van der Waals surface area contributed by atoms with Gasteiger partial charge in [-0.15, -0.1) is 0 Å². The molecule has 0 unspecified atom stereocenters. The molecule has 0 bridgehead atoms. The Kier molecular flexibility index (Phi) is 4.37. The minimum Gasteiger partial charge on any atom is -0.322 e. The van der Waals surface area contributed by atoms with Crippen LogP contribution in [0, 0.1) is 12.7 Å². The number of benzene rings is 2. The van der Waals surface area contributed by atoms with Gasteiger partial charge in [0, 0.05) is 10.2 Å². The van der Waals surface area contributed by atoms with E-state index in [9.17, 15) is 9.18 Å². The smallest absolute Gasteiger partial charge is 0.256 e. The summed E-state index contributed by atoms with van der Waals surface area (Å²) in [4.78, 5) is 12.1. The number of hydrogen-bond donors (Lipinski definition) is 1. The maximum Gasteiger partial charge on any atom is 0.256 e. The van der Waals surface area contributed by atoms with Gasteiger partial charge in [-0.25, -0.2) is 4.39 Å². The third-order valence-corrected chi connectivity index (χ3v) is 3.94. The van der Waals surface area contributed by atoms with Gasteiger partial charge in [-0.2, -0.15) is 0 Å². The van der Waals surface area contributed by atoms with Gasteiger partial charge in [0.05, 0.1) is 10.0 Å². The largest absolute Gasteiger partial charge is 0.322 e. The summed E-state index contributed by atoms with van der Waals surface area (Å²) in [6.07, 6.45) is 0. The van der Waals surface area contributed by atoms with E-state index in [1.807, 2.05) is 19.1 Å². The Morgan fingerprint density at radius 3 is 2.68 bits per heavy atom. The molecular weight excluding hydrogens is 377 g/mol. The van der Waals surface area contributed by atoms with E-state index in [1.54, 1.807) is 12.1 Å². The highest BCUT2D eigenvalue weighted by molar-refractivity contribution is 9.10. The first-order valence-corrected chi connectivity index (χ1v) is 7.09. The molecule has 2 aromatic carbocycles. The van der Waals surface area contributed by atoms with Crippen LogP contribution in [0.1, 0.15) is 15.9 Å². The summed E-state index contributed by atoms with van der Waals surface area (Å²) in [6, 6.07) is 9.95. The zero-order chi connectivity index (χ0) is 14.0. The van der Waals surface area contributed by atoms with Crippen LogP contribution in [0.15, 0.2) is 45.3 Å². The van der Waals surface area contributed by atoms with E-state index in [-0.39, 0.29) is 15.9 Å². The lowest BCUT2D eigenvalue weighted by Crippen LogP contribution is -2.13. The average Bonchev–Trinajstić information content (AvgIpc) is 2.37. The molecule has 2 nitrogen and oxygen atoms in total. The standard InChI is InChI=1S/C14H10Br2FNO/c1-8-5-6-9(15)7-12(8)18-14(19)10-3-2-4-11(17)13(10)16/h2-7H,1H3,(H,18,19). The van der Waals surface area contributed by atoms with Gasteiger partial charge in [0.1, 0.15) is 5.82 Å². The van der Waals surface area contributed by atoms with Crippen LogP contribution in [0.25, 0.3) is 0 Å². The van der Waals surface area contributed by atoms with Crippen molar-refractivity contribution in [2.45, 2.75) is 6.92 Å². The van der Waals surface area contributed by atoms with Crippen LogP contribution in [0.3, 0.4) is 0 Å². The van der Waals surface area contributed by atoms with Crippen molar-refractivity contribution in [1.82, 2.24) is 0 Å². The Hall–Kier alpha value is -1.20. The summed E-state index contributed by atoms with van der Waals surface area (Å²) in [5, 5.41) is 2.77.